The van der Waals surface area contributed by atoms with Crippen molar-refractivity contribution in [3.8, 4) is 0 Å². The fraction of sp³-hybridized carbons (Fsp3) is 0.550. The number of carbonyl (C=O) groups is 1. The van der Waals surface area contributed by atoms with Crippen LogP contribution in [-0.4, -0.2) is 54.8 Å². The summed E-state index contributed by atoms with van der Waals surface area (Å²) >= 11 is 0. The Bertz CT molecular complexity index is 835. The number of aromatic nitrogens is 1. The van der Waals surface area contributed by atoms with Gasteiger partial charge in [-0.25, -0.2) is 4.39 Å². The van der Waals surface area contributed by atoms with Crippen molar-refractivity contribution in [2.45, 2.75) is 19.8 Å². The Morgan fingerprint density at radius 3 is 2.73 bits per heavy atom. The molecule has 1 aliphatic carbocycles. The third-order valence-electron chi connectivity index (χ3n) is 5.87. The minimum absolute atomic E-state index is 0.0742. The molecule has 0 atom stereocenters. The van der Waals surface area contributed by atoms with Gasteiger partial charge >= 0.3 is 0 Å². The van der Waals surface area contributed by atoms with Crippen LogP contribution in [0.1, 0.15) is 28.9 Å². The smallest absolute Gasteiger partial charge is 0.268 e. The molecule has 2 heterocycles. The second-order valence-electron chi connectivity index (χ2n) is 7.77. The SMILES string of the molecule is Cc1c(C(=O)NCC2(CN3CCOCC3)CC2)n(C)c2ccc(F)cc12. The van der Waals surface area contributed by atoms with Gasteiger partial charge in [-0.2, -0.15) is 0 Å². The van der Waals surface area contributed by atoms with Crippen LogP contribution in [0.2, 0.25) is 0 Å². The number of rotatable bonds is 5. The Balaban J connectivity index is 1.46. The first kappa shape index (κ1) is 17.5. The molecule has 1 saturated carbocycles. The van der Waals surface area contributed by atoms with Crippen LogP contribution < -0.4 is 5.32 Å². The molecular weight excluding hydrogens is 333 g/mol. The van der Waals surface area contributed by atoms with E-state index in [-0.39, 0.29) is 17.1 Å². The van der Waals surface area contributed by atoms with Crippen molar-refractivity contribution < 1.29 is 13.9 Å². The molecule has 140 valence electrons. The van der Waals surface area contributed by atoms with Crippen molar-refractivity contribution in [2.24, 2.45) is 12.5 Å². The van der Waals surface area contributed by atoms with E-state index < -0.39 is 0 Å². The maximum atomic E-state index is 13.6. The standard InChI is InChI=1S/C20H26FN3O2/c1-14-16-11-15(21)3-4-17(16)23(2)18(14)19(25)22-12-20(5-6-20)13-24-7-9-26-10-8-24/h3-4,11H,5-10,12-13H2,1-2H3,(H,22,25). The summed E-state index contributed by atoms with van der Waals surface area (Å²) in [6, 6.07) is 4.67. The molecule has 2 aromatic rings. The van der Waals surface area contributed by atoms with E-state index >= 15 is 0 Å². The van der Waals surface area contributed by atoms with Crippen LogP contribution in [0.3, 0.4) is 0 Å². The van der Waals surface area contributed by atoms with Gasteiger partial charge in [0.1, 0.15) is 11.5 Å². The average molecular weight is 359 g/mol. The van der Waals surface area contributed by atoms with Crippen LogP contribution in [-0.2, 0) is 11.8 Å². The maximum Gasteiger partial charge on any atom is 0.268 e. The van der Waals surface area contributed by atoms with Gasteiger partial charge in [-0.15, -0.1) is 0 Å². The highest BCUT2D eigenvalue weighted by atomic mass is 19.1. The number of amides is 1. The summed E-state index contributed by atoms with van der Waals surface area (Å²) in [7, 11) is 1.86. The van der Waals surface area contributed by atoms with Crippen LogP contribution in [0.4, 0.5) is 4.39 Å². The van der Waals surface area contributed by atoms with Gasteiger partial charge in [0.05, 0.1) is 13.2 Å². The number of aryl methyl sites for hydroxylation is 2. The molecule has 4 rings (SSSR count). The minimum Gasteiger partial charge on any atom is -0.379 e. The Labute approximate surface area is 153 Å². The summed E-state index contributed by atoms with van der Waals surface area (Å²) in [6.07, 6.45) is 2.31. The van der Waals surface area contributed by atoms with E-state index in [1.165, 1.54) is 12.1 Å². The van der Waals surface area contributed by atoms with E-state index in [2.05, 4.69) is 10.2 Å². The lowest BCUT2D eigenvalue weighted by molar-refractivity contribution is 0.0283. The number of hydrogen-bond acceptors (Lipinski definition) is 3. The first-order valence-electron chi connectivity index (χ1n) is 9.32. The van der Waals surface area contributed by atoms with Gasteiger partial charge in [-0.05, 0) is 43.5 Å². The van der Waals surface area contributed by atoms with Crippen molar-refractivity contribution in [1.82, 2.24) is 14.8 Å². The molecule has 1 N–H and O–H groups in total. The molecule has 1 aromatic heterocycles. The van der Waals surface area contributed by atoms with E-state index in [9.17, 15) is 9.18 Å². The zero-order chi connectivity index (χ0) is 18.3. The molecule has 1 saturated heterocycles. The number of benzene rings is 1. The van der Waals surface area contributed by atoms with Crippen molar-refractivity contribution in [1.29, 1.82) is 0 Å². The van der Waals surface area contributed by atoms with Gasteiger partial charge in [0.15, 0.2) is 0 Å². The lowest BCUT2D eigenvalue weighted by Crippen LogP contribution is -2.43. The fourth-order valence-electron chi connectivity index (χ4n) is 4.08. The van der Waals surface area contributed by atoms with Gasteiger partial charge < -0.3 is 14.6 Å². The maximum absolute atomic E-state index is 13.6. The topological polar surface area (TPSA) is 46.5 Å². The van der Waals surface area contributed by atoms with Gasteiger partial charge in [-0.1, -0.05) is 0 Å². The number of carbonyl (C=O) groups excluding carboxylic acids is 1. The first-order valence-corrected chi connectivity index (χ1v) is 9.32. The molecule has 1 aliphatic heterocycles. The number of nitrogens with one attached hydrogen (secondary N) is 1. The highest BCUT2D eigenvalue weighted by Crippen LogP contribution is 2.45. The second-order valence-corrected chi connectivity index (χ2v) is 7.77. The Hall–Kier alpha value is -1.92. The Morgan fingerprint density at radius 2 is 2.04 bits per heavy atom. The zero-order valence-electron chi connectivity index (χ0n) is 15.5. The molecule has 1 amide bonds. The monoisotopic (exact) mass is 359 g/mol. The quantitative estimate of drug-likeness (QED) is 0.892. The highest BCUT2D eigenvalue weighted by Gasteiger charge is 2.44. The minimum atomic E-state index is -0.277. The van der Waals surface area contributed by atoms with Crippen molar-refractivity contribution >= 4 is 16.8 Å². The average Bonchev–Trinajstić information content (AvgIpc) is 3.35. The number of fused-ring (bicyclic) bond motifs is 1. The molecule has 2 aliphatic rings. The highest BCUT2D eigenvalue weighted by molar-refractivity contribution is 6.01. The fourth-order valence-corrected chi connectivity index (χ4v) is 4.08. The Morgan fingerprint density at radius 1 is 1.31 bits per heavy atom. The summed E-state index contributed by atoms with van der Waals surface area (Å²) in [5.74, 6) is -0.351. The normalized spacial score (nSPS) is 19.7. The second kappa shape index (κ2) is 6.67. The number of hydrogen-bond donors (Lipinski definition) is 1. The van der Waals surface area contributed by atoms with E-state index in [1.807, 2.05) is 18.5 Å². The number of morpholine rings is 1. The molecule has 0 spiro atoms. The summed E-state index contributed by atoms with van der Waals surface area (Å²) in [6.45, 7) is 7.15. The number of halogens is 1. The van der Waals surface area contributed by atoms with Crippen molar-refractivity contribution in [3.05, 3.63) is 35.3 Å². The Kier molecular flexibility index (Phi) is 4.49. The molecule has 6 heteroatoms. The molecule has 26 heavy (non-hydrogen) atoms. The van der Waals surface area contributed by atoms with E-state index in [0.717, 1.165) is 62.2 Å². The summed E-state index contributed by atoms with van der Waals surface area (Å²) in [4.78, 5) is 15.3. The third kappa shape index (κ3) is 3.23. The van der Waals surface area contributed by atoms with Gasteiger partial charge in [0.2, 0.25) is 0 Å². The van der Waals surface area contributed by atoms with E-state index in [1.54, 1.807) is 6.07 Å². The third-order valence-corrected chi connectivity index (χ3v) is 5.87. The van der Waals surface area contributed by atoms with Gasteiger partial charge in [-0.3, -0.25) is 9.69 Å². The molecule has 0 radical (unpaired) electrons. The van der Waals surface area contributed by atoms with Crippen LogP contribution in [0.15, 0.2) is 18.2 Å². The summed E-state index contributed by atoms with van der Waals surface area (Å²) < 4.78 is 20.8. The molecule has 0 bridgehead atoms. The number of ether oxygens (including phenoxy) is 1. The lowest BCUT2D eigenvalue weighted by Gasteiger charge is -2.30. The lowest BCUT2D eigenvalue weighted by atomic mass is 10.1. The van der Waals surface area contributed by atoms with Crippen LogP contribution in [0.25, 0.3) is 10.9 Å². The molecule has 1 aromatic carbocycles. The summed E-state index contributed by atoms with van der Waals surface area (Å²) in [5.41, 5.74) is 2.53. The molecule has 5 nitrogen and oxygen atoms in total. The van der Waals surface area contributed by atoms with Crippen LogP contribution in [0, 0.1) is 18.2 Å². The van der Waals surface area contributed by atoms with Gasteiger partial charge in [0, 0.05) is 49.5 Å². The molecule has 2 fully saturated rings. The largest absolute Gasteiger partial charge is 0.379 e. The first-order chi connectivity index (χ1) is 12.5. The van der Waals surface area contributed by atoms with Gasteiger partial charge in [0.25, 0.3) is 5.91 Å². The molecule has 0 unspecified atom stereocenters. The van der Waals surface area contributed by atoms with Crippen LogP contribution >= 0.6 is 0 Å². The zero-order valence-corrected chi connectivity index (χ0v) is 15.5. The van der Waals surface area contributed by atoms with E-state index in [4.69, 9.17) is 4.74 Å². The van der Waals surface area contributed by atoms with Crippen LogP contribution in [0.5, 0.6) is 0 Å². The summed E-state index contributed by atoms with van der Waals surface area (Å²) in [5, 5.41) is 3.94. The van der Waals surface area contributed by atoms with Crippen molar-refractivity contribution in [2.75, 3.05) is 39.4 Å². The van der Waals surface area contributed by atoms with Crippen molar-refractivity contribution in [3.63, 3.8) is 0 Å². The van der Waals surface area contributed by atoms with E-state index in [0.29, 0.717) is 12.2 Å². The predicted molar refractivity (Wildman–Crippen MR) is 98.9 cm³/mol. The number of nitrogens with zero attached hydrogens (tertiary/aromatic N) is 2. The predicted octanol–water partition coefficient (Wildman–Crippen LogP) is 2.47. The molecular formula is C20H26FN3O2.